The van der Waals surface area contributed by atoms with Crippen LogP contribution in [0.1, 0.15) is 82.3 Å². The summed E-state index contributed by atoms with van der Waals surface area (Å²) in [7, 11) is 0. The van der Waals surface area contributed by atoms with Crippen molar-refractivity contribution in [3.63, 3.8) is 0 Å². The van der Waals surface area contributed by atoms with Gasteiger partial charge in [-0.1, -0.05) is 81.7 Å². The van der Waals surface area contributed by atoms with E-state index in [2.05, 4.69) is 38.1 Å². The van der Waals surface area contributed by atoms with E-state index in [4.69, 9.17) is 0 Å². The minimum Gasteiger partial charge on any atom is -0.300 e. The summed E-state index contributed by atoms with van der Waals surface area (Å²) >= 11 is 0. The lowest BCUT2D eigenvalue weighted by Gasteiger charge is -2.03. The fraction of sp³-hybridized carbons (Fsp3) is 0.650. The first kappa shape index (κ1) is 17.9. The number of unbranched alkanes of at least 4 members (excludes halogenated alkanes) is 7. The van der Waals surface area contributed by atoms with E-state index in [1.54, 1.807) is 0 Å². The van der Waals surface area contributed by atoms with Gasteiger partial charge in [-0.05, 0) is 25.3 Å². The average molecular weight is 288 g/mol. The molecule has 21 heavy (non-hydrogen) atoms. The van der Waals surface area contributed by atoms with Crippen LogP contribution in [0.25, 0.3) is 0 Å². The van der Waals surface area contributed by atoms with Crippen LogP contribution in [0.4, 0.5) is 0 Å². The Balaban J connectivity index is 1.97. The summed E-state index contributed by atoms with van der Waals surface area (Å²) in [6.07, 6.45) is 12.8. The smallest absolute Gasteiger partial charge is 0.133 e. The second-order valence-electron chi connectivity index (χ2n) is 6.25. The van der Waals surface area contributed by atoms with Gasteiger partial charge in [-0.25, -0.2) is 0 Å². The van der Waals surface area contributed by atoms with Gasteiger partial charge in [-0.15, -0.1) is 0 Å². The monoisotopic (exact) mass is 288 g/mol. The Labute approximate surface area is 131 Å². The zero-order chi connectivity index (χ0) is 15.3. The summed E-state index contributed by atoms with van der Waals surface area (Å²) in [5.41, 5.74) is 2.56. The predicted molar refractivity (Wildman–Crippen MR) is 91.7 cm³/mol. The summed E-state index contributed by atoms with van der Waals surface area (Å²) < 4.78 is 0. The van der Waals surface area contributed by atoms with E-state index in [-0.39, 0.29) is 0 Å². The number of Topliss-reactive ketones (excluding diaryl/α,β-unsaturated/α-hetero) is 1. The minimum atomic E-state index is 0.432. The summed E-state index contributed by atoms with van der Waals surface area (Å²) in [5.74, 6) is 0.432. The van der Waals surface area contributed by atoms with E-state index >= 15 is 0 Å². The van der Waals surface area contributed by atoms with Crippen LogP contribution in [0, 0.1) is 6.92 Å². The first-order valence-corrected chi connectivity index (χ1v) is 8.79. The quantitative estimate of drug-likeness (QED) is 0.429. The third kappa shape index (κ3) is 9.44. The molecule has 1 rings (SSSR count). The SMILES string of the molecule is CCCCCCCCCCC(=O)CCc1ccc(C)cc1. The fourth-order valence-electron chi connectivity index (χ4n) is 2.62. The van der Waals surface area contributed by atoms with Gasteiger partial charge in [-0.3, -0.25) is 4.79 Å². The van der Waals surface area contributed by atoms with Gasteiger partial charge in [-0.2, -0.15) is 0 Å². The Kier molecular flexibility index (Phi) is 9.86. The maximum Gasteiger partial charge on any atom is 0.133 e. The van der Waals surface area contributed by atoms with Gasteiger partial charge >= 0.3 is 0 Å². The predicted octanol–water partition coefficient (Wildman–Crippen LogP) is 6.03. The van der Waals surface area contributed by atoms with Crippen LogP contribution in [0.15, 0.2) is 24.3 Å². The van der Waals surface area contributed by atoms with Crippen molar-refractivity contribution in [2.75, 3.05) is 0 Å². The van der Waals surface area contributed by atoms with Gasteiger partial charge in [0.05, 0.1) is 0 Å². The zero-order valence-electron chi connectivity index (χ0n) is 14.0. The van der Waals surface area contributed by atoms with E-state index in [0.29, 0.717) is 12.2 Å². The highest BCUT2D eigenvalue weighted by Gasteiger charge is 2.03. The molecule has 0 saturated carbocycles. The van der Waals surface area contributed by atoms with E-state index < -0.39 is 0 Å². The third-order valence-electron chi connectivity index (χ3n) is 4.12. The van der Waals surface area contributed by atoms with Crippen molar-refractivity contribution in [3.8, 4) is 0 Å². The van der Waals surface area contributed by atoms with Crippen LogP contribution >= 0.6 is 0 Å². The van der Waals surface area contributed by atoms with Gasteiger partial charge in [0, 0.05) is 12.8 Å². The van der Waals surface area contributed by atoms with E-state index in [0.717, 1.165) is 19.3 Å². The largest absolute Gasteiger partial charge is 0.300 e. The van der Waals surface area contributed by atoms with Crippen LogP contribution in [0.3, 0.4) is 0 Å². The molecule has 0 saturated heterocycles. The molecule has 0 spiro atoms. The van der Waals surface area contributed by atoms with Gasteiger partial charge in [0.2, 0.25) is 0 Å². The van der Waals surface area contributed by atoms with E-state index in [1.165, 1.54) is 56.1 Å². The molecule has 0 atom stereocenters. The first-order chi connectivity index (χ1) is 10.2. The van der Waals surface area contributed by atoms with Crippen LogP contribution in [-0.2, 0) is 11.2 Å². The lowest BCUT2D eigenvalue weighted by molar-refractivity contribution is -0.119. The van der Waals surface area contributed by atoms with E-state index in [9.17, 15) is 4.79 Å². The number of rotatable bonds is 12. The Bertz CT molecular complexity index is 377. The van der Waals surface area contributed by atoms with Crippen LogP contribution in [0.5, 0.6) is 0 Å². The van der Waals surface area contributed by atoms with Gasteiger partial charge < -0.3 is 0 Å². The molecule has 0 heterocycles. The third-order valence-corrected chi connectivity index (χ3v) is 4.12. The Hall–Kier alpha value is -1.11. The Morgan fingerprint density at radius 2 is 1.38 bits per heavy atom. The summed E-state index contributed by atoms with van der Waals surface area (Å²) in [4.78, 5) is 11.9. The highest BCUT2D eigenvalue weighted by molar-refractivity contribution is 5.78. The maximum atomic E-state index is 11.9. The molecular weight excluding hydrogens is 256 g/mol. The molecule has 118 valence electrons. The van der Waals surface area contributed by atoms with Crippen molar-refractivity contribution >= 4 is 5.78 Å². The highest BCUT2D eigenvalue weighted by Crippen LogP contribution is 2.11. The molecule has 0 N–H and O–H groups in total. The van der Waals surface area contributed by atoms with Gasteiger partial charge in [0.1, 0.15) is 5.78 Å². The molecule has 0 unspecified atom stereocenters. The first-order valence-electron chi connectivity index (χ1n) is 8.79. The minimum absolute atomic E-state index is 0.432. The molecule has 0 aliphatic carbocycles. The van der Waals surface area contributed by atoms with Crippen LogP contribution in [0.2, 0.25) is 0 Å². The molecule has 0 fully saturated rings. The lowest BCUT2D eigenvalue weighted by Crippen LogP contribution is -2.00. The van der Waals surface area contributed by atoms with Crippen molar-refractivity contribution in [1.29, 1.82) is 0 Å². The second-order valence-corrected chi connectivity index (χ2v) is 6.25. The van der Waals surface area contributed by atoms with Crippen molar-refractivity contribution in [2.45, 2.75) is 84.5 Å². The lowest BCUT2D eigenvalue weighted by atomic mass is 10.0. The molecular formula is C20H32O. The number of carbonyl (C=O) groups is 1. The van der Waals surface area contributed by atoms with Gasteiger partial charge in [0.25, 0.3) is 0 Å². The van der Waals surface area contributed by atoms with Crippen LogP contribution in [-0.4, -0.2) is 5.78 Å². The van der Waals surface area contributed by atoms with Crippen molar-refractivity contribution < 1.29 is 4.79 Å². The molecule has 0 aromatic heterocycles. The molecule has 0 aliphatic rings. The fourth-order valence-corrected chi connectivity index (χ4v) is 2.62. The van der Waals surface area contributed by atoms with Crippen molar-refractivity contribution in [1.82, 2.24) is 0 Å². The molecule has 0 amide bonds. The molecule has 0 radical (unpaired) electrons. The number of hydrogen-bond acceptors (Lipinski definition) is 1. The standard InChI is InChI=1S/C20H32O/c1-3-4-5-6-7-8-9-10-11-20(21)17-16-19-14-12-18(2)13-15-19/h12-15H,3-11,16-17H2,1-2H3. The molecule has 1 aromatic rings. The summed E-state index contributed by atoms with van der Waals surface area (Å²) in [6.45, 7) is 4.35. The van der Waals surface area contributed by atoms with Crippen molar-refractivity contribution in [2.24, 2.45) is 0 Å². The molecule has 1 nitrogen and oxygen atoms in total. The average Bonchev–Trinajstić information content (AvgIpc) is 2.49. The Morgan fingerprint density at radius 3 is 2.00 bits per heavy atom. The number of aryl methyl sites for hydroxylation is 2. The molecule has 1 aromatic carbocycles. The highest BCUT2D eigenvalue weighted by atomic mass is 16.1. The second kappa shape index (κ2) is 11.5. The molecule has 1 heteroatoms. The van der Waals surface area contributed by atoms with Crippen molar-refractivity contribution in [3.05, 3.63) is 35.4 Å². The van der Waals surface area contributed by atoms with Crippen LogP contribution < -0.4 is 0 Å². The number of hydrogen-bond donors (Lipinski definition) is 0. The number of carbonyl (C=O) groups excluding carboxylic acids is 1. The van der Waals surface area contributed by atoms with E-state index in [1.807, 2.05) is 0 Å². The zero-order valence-corrected chi connectivity index (χ0v) is 14.0. The topological polar surface area (TPSA) is 17.1 Å². The maximum absolute atomic E-state index is 11.9. The number of ketones is 1. The normalized spacial score (nSPS) is 10.8. The molecule has 0 aliphatic heterocycles. The molecule has 0 bridgehead atoms. The van der Waals surface area contributed by atoms with Gasteiger partial charge in [0.15, 0.2) is 0 Å². The summed E-state index contributed by atoms with van der Waals surface area (Å²) in [5, 5.41) is 0. The summed E-state index contributed by atoms with van der Waals surface area (Å²) in [6, 6.07) is 8.52. The number of benzene rings is 1. The Morgan fingerprint density at radius 1 is 0.810 bits per heavy atom.